The molecule has 1 heterocycles. The molecule has 0 saturated heterocycles. The number of hydrogen-bond acceptors (Lipinski definition) is 4. The van der Waals surface area contributed by atoms with Crippen LogP contribution in [0.5, 0.6) is 0 Å². The van der Waals surface area contributed by atoms with E-state index in [1.165, 1.54) is 6.20 Å². The zero-order valence-corrected chi connectivity index (χ0v) is 9.19. The van der Waals surface area contributed by atoms with E-state index in [0.717, 1.165) is 0 Å². The molecule has 1 rings (SSSR count). The Morgan fingerprint density at radius 1 is 1.44 bits per heavy atom. The molecule has 1 aromatic rings. The van der Waals surface area contributed by atoms with Gasteiger partial charge >= 0.3 is 11.9 Å². The van der Waals surface area contributed by atoms with E-state index in [1.54, 1.807) is 13.0 Å². The fraction of sp³-hybridized carbons (Fsp3) is 0.364. The number of rotatable bonds is 4. The molecule has 0 unspecified atom stereocenters. The van der Waals surface area contributed by atoms with Crippen molar-refractivity contribution in [3.05, 3.63) is 29.1 Å². The van der Waals surface area contributed by atoms with Gasteiger partial charge in [0.1, 0.15) is 0 Å². The zero-order valence-electron chi connectivity index (χ0n) is 9.19. The van der Waals surface area contributed by atoms with Crippen molar-refractivity contribution in [2.24, 2.45) is 0 Å². The minimum absolute atomic E-state index is 0.0662. The number of pyridine rings is 1. The van der Waals surface area contributed by atoms with Gasteiger partial charge in [0, 0.05) is 6.20 Å². The highest BCUT2D eigenvalue weighted by atomic mass is 16.5. The Balaban J connectivity index is 3.27. The number of carbonyl (C=O) groups excluding carboxylic acids is 1. The number of ether oxygens (including phenoxy) is 1. The molecule has 5 nitrogen and oxygen atoms in total. The summed E-state index contributed by atoms with van der Waals surface area (Å²) in [4.78, 5) is 26.3. The summed E-state index contributed by atoms with van der Waals surface area (Å²) in [5.74, 6) is -1.86. The summed E-state index contributed by atoms with van der Waals surface area (Å²) >= 11 is 0. The number of aromatic nitrogens is 1. The molecule has 0 radical (unpaired) electrons. The molecule has 1 aromatic heterocycles. The zero-order chi connectivity index (χ0) is 12.1. The third-order valence-electron chi connectivity index (χ3n) is 2.10. The number of carboxylic acid groups (broad SMARTS) is 1. The van der Waals surface area contributed by atoms with E-state index in [1.807, 2.05) is 6.92 Å². The highest BCUT2D eigenvalue weighted by Crippen LogP contribution is 2.14. The van der Waals surface area contributed by atoms with Crippen molar-refractivity contribution in [2.75, 3.05) is 6.61 Å². The highest BCUT2D eigenvalue weighted by Gasteiger charge is 2.21. The molecular formula is C11H13NO4. The summed E-state index contributed by atoms with van der Waals surface area (Å²) in [5.41, 5.74) is 0.378. The molecule has 0 amide bonds. The van der Waals surface area contributed by atoms with Crippen LogP contribution < -0.4 is 0 Å². The van der Waals surface area contributed by atoms with Crippen LogP contribution >= 0.6 is 0 Å². The molecule has 0 atom stereocenters. The van der Waals surface area contributed by atoms with E-state index in [-0.39, 0.29) is 17.9 Å². The van der Waals surface area contributed by atoms with Crippen molar-refractivity contribution in [3.63, 3.8) is 0 Å². The molecule has 86 valence electrons. The number of aromatic carboxylic acids is 1. The normalized spacial score (nSPS) is 9.88. The van der Waals surface area contributed by atoms with Crippen LogP contribution in [0.25, 0.3) is 0 Å². The van der Waals surface area contributed by atoms with Crippen molar-refractivity contribution < 1.29 is 19.4 Å². The number of carboxylic acids is 1. The Morgan fingerprint density at radius 3 is 2.62 bits per heavy atom. The van der Waals surface area contributed by atoms with Gasteiger partial charge in [-0.1, -0.05) is 6.92 Å². The fourth-order valence-corrected chi connectivity index (χ4v) is 1.39. The minimum Gasteiger partial charge on any atom is -0.478 e. The molecule has 16 heavy (non-hydrogen) atoms. The Hall–Kier alpha value is -1.91. The molecule has 0 bridgehead atoms. The first kappa shape index (κ1) is 12.2. The lowest BCUT2D eigenvalue weighted by molar-refractivity contribution is 0.0507. The summed E-state index contributed by atoms with van der Waals surface area (Å²) in [6.07, 6.45) is 1.94. The van der Waals surface area contributed by atoms with Gasteiger partial charge in [-0.15, -0.1) is 0 Å². The largest absolute Gasteiger partial charge is 0.478 e. The first-order chi connectivity index (χ1) is 7.61. The van der Waals surface area contributed by atoms with Crippen LogP contribution in [0, 0.1) is 0 Å². The van der Waals surface area contributed by atoms with Gasteiger partial charge in [-0.05, 0) is 25.0 Å². The van der Waals surface area contributed by atoms with Crippen molar-refractivity contribution in [1.29, 1.82) is 0 Å². The van der Waals surface area contributed by atoms with Gasteiger partial charge < -0.3 is 9.84 Å². The van der Waals surface area contributed by atoms with Crippen LogP contribution in [0.3, 0.4) is 0 Å². The second kappa shape index (κ2) is 5.25. The third-order valence-corrected chi connectivity index (χ3v) is 2.10. The van der Waals surface area contributed by atoms with E-state index in [0.29, 0.717) is 12.0 Å². The Kier molecular flexibility index (Phi) is 3.99. The van der Waals surface area contributed by atoms with Gasteiger partial charge in [0.05, 0.1) is 12.2 Å². The lowest BCUT2D eigenvalue weighted by Gasteiger charge is -2.08. The first-order valence-corrected chi connectivity index (χ1v) is 5.00. The fourth-order valence-electron chi connectivity index (χ4n) is 1.39. The first-order valence-electron chi connectivity index (χ1n) is 5.00. The van der Waals surface area contributed by atoms with Crippen molar-refractivity contribution in [2.45, 2.75) is 20.3 Å². The molecule has 0 aliphatic carbocycles. The molecule has 5 heteroatoms. The van der Waals surface area contributed by atoms with Gasteiger partial charge in [-0.25, -0.2) is 14.6 Å². The van der Waals surface area contributed by atoms with Gasteiger partial charge in [0.2, 0.25) is 0 Å². The van der Waals surface area contributed by atoms with Crippen LogP contribution in [0.2, 0.25) is 0 Å². The molecule has 0 spiro atoms. The maximum absolute atomic E-state index is 11.5. The standard InChI is InChI=1S/C11H13NO4/c1-3-7-5-6-12-9(8(7)10(13)14)11(15)16-4-2/h5-6H,3-4H2,1-2H3,(H,13,14). The number of esters is 1. The summed E-state index contributed by atoms with van der Waals surface area (Å²) in [5, 5.41) is 9.05. The molecule has 0 fully saturated rings. The van der Waals surface area contributed by atoms with Crippen LogP contribution in [0.4, 0.5) is 0 Å². The van der Waals surface area contributed by atoms with Crippen LogP contribution in [0.15, 0.2) is 12.3 Å². The monoisotopic (exact) mass is 223 g/mol. The van der Waals surface area contributed by atoms with Crippen LogP contribution in [-0.4, -0.2) is 28.6 Å². The molecule has 0 aliphatic heterocycles. The van der Waals surface area contributed by atoms with Gasteiger partial charge in [-0.2, -0.15) is 0 Å². The average Bonchev–Trinajstić information content (AvgIpc) is 2.28. The van der Waals surface area contributed by atoms with E-state index in [9.17, 15) is 9.59 Å². The smallest absolute Gasteiger partial charge is 0.357 e. The van der Waals surface area contributed by atoms with Crippen LogP contribution in [0.1, 0.15) is 40.3 Å². The summed E-state index contributed by atoms with van der Waals surface area (Å²) in [6, 6.07) is 1.59. The Labute approximate surface area is 93.1 Å². The van der Waals surface area contributed by atoms with Crippen molar-refractivity contribution in [3.8, 4) is 0 Å². The molecule has 1 N–H and O–H groups in total. The maximum Gasteiger partial charge on any atom is 0.357 e. The highest BCUT2D eigenvalue weighted by molar-refractivity contribution is 6.02. The summed E-state index contributed by atoms with van der Waals surface area (Å²) in [7, 11) is 0. The van der Waals surface area contributed by atoms with Crippen molar-refractivity contribution >= 4 is 11.9 Å². The quantitative estimate of drug-likeness (QED) is 0.783. The van der Waals surface area contributed by atoms with Crippen LogP contribution in [-0.2, 0) is 11.2 Å². The number of aryl methyl sites for hydroxylation is 1. The van der Waals surface area contributed by atoms with E-state index >= 15 is 0 Å². The van der Waals surface area contributed by atoms with E-state index in [2.05, 4.69) is 4.98 Å². The van der Waals surface area contributed by atoms with Gasteiger partial charge in [0.15, 0.2) is 5.69 Å². The molecule has 0 saturated carbocycles. The number of hydrogen-bond donors (Lipinski definition) is 1. The predicted octanol–water partition coefficient (Wildman–Crippen LogP) is 1.52. The summed E-state index contributed by atoms with van der Waals surface area (Å²) < 4.78 is 4.75. The second-order valence-electron chi connectivity index (χ2n) is 3.07. The molecular weight excluding hydrogens is 210 g/mol. The predicted molar refractivity (Wildman–Crippen MR) is 56.5 cm³/mol. The molecule has 0 aromatic carbocycles. The third kappa shape index (κ3) is 2.36. The van der Waals surface area contributed by atoms with Crippen molar-refractivity contribution in [1.82, 2.24) is 4.98 Å². The topological polar surface area (TPSA) is 76.5 Å². The van der Waals surface area contributed by atoms with E-state index < -0.39 is 11.9 Å². The molecule has 0 aliphatic rings. The minimum atomic E-state index is -1.16. The van der Waals surface area contributed by atoms with Gasteiger partial charge in [0.25, 0.3) is 0 Å². The Bertz CT molecular complexity index is 414. The summed E-state index contributed by atoms with van der Waals surface area (Å²) in [6.45, 7) is 3.66. The SMILES string of the molecule is CCOC(=O)c1nccc(CC)c1C(=O)O. The lowest BCUT2D eigenvalue weighted by Crippen LogP contribution is -2.16. The second-order valence-corrected chi connectivity index (χ2v) is 3.07. The average molecular weight is 223 g/mol. The van der Waals surface area contributed by atoms with E-state index in [4.69, 9.17) is 9.84 Å². The number of carbonyl (C=O) groups is 2. The maximum atomic E-state index is 11.5. The Morgan fingerprint density at radius 2 is 2.12 bits per heavy atom. The lowest BCUT2D eigenvalue weighted by atomic mass is 10.0. The van der Waals surface area contributed by atoms with Gasteiger partial charge in [-0.3, -0.25) is 0 Å². The number of nitrogens with zero attached hydrogens (tertiary/aromatic N) is 1.